The van der Waals surface area contributed by atoms with Crippen molar-refractivity contribution in [1.29, 1.82) is 0 Å². The van der Waals surface area contributed by atoms with Crippen LogP contribution in [-0.4, -0.2) is 84.3 Å². The Morgan fingerprint density at radius 3 is 2.21 bits per heavy atom. The lowest BCUT2D eigenvalue weighted by atomic mass is 10.1. The Morgan fingerprint density at radius 2 is 1.66 bits per heavy atom. The summed E-state index contributed by atoms with van der Waals surface area (Å²) in [4.78, 5) is 59.1. The molecule has 2 rings (SSSR count). The molecule has 0 spiro atoms. The molecule has 2 heterocycles. The number of aliphatic hydroxyl groups excluding tert-OH is 2. The molecule has 6 unspecified atom stereocenters. The Hall–Kier alpha value is -0.770. The average Bonchev–Trinajstić information content (AvgIpc) is 2.78. The molecule has 17 nitrogen and oxygen atoms in total. The molecule has 2 aliphatic heterocycles. The van der Waals surface area contributed by atoms with Crippen LogP contribution in [0.25, 0.3) is 0 Å². The van der Waals surface area contributed by atoms with Gasteiger partial charge in [0.2, 0.25) is 5.91 Å². The number of rotatable bonds is 8. The zero-order valence-corrected chi connectivity index (χ0v) is 16.8. The van der Waals surface area contributed by atoms with Crippen LogP contribution in [0.4, 0.5) is 4.79 Å². The van der Waals surface area contributed by atoms with E-state index in [0.29, 0.717) is 0 Å². The van der Waals surface area contributed by atoms with Crippen LogP contribution in [-0.2, 0) is 36.4 Å². The first-order chi connectivity index (χ1) is 13.1. The van der Waals surface area contributed by atoms with E-state index in [1.807, 2.05) is 5.32 Å². The lowest BCUT2D eigenvalue weighted by molar-refractivity contribution is -0.125. The summed E-state index contributed by atoms with van der Waals surface area (Å²) >= 11 is 0. The van der Waals surface area contributed by atoms with Gasteiger partial charge in [0.05, 0.1) is 6.61 Å². The third-order valence-corrected chi connectivity index (χ3v) is 7.35. The van der Waals surface area contributed by atoms with E-state index < -0.39 is 66.6 Å². The Bertz CT molecular complexity index is 798. The van der Waals surface area contributed by atoms with Crippen molar-refractivity contribution < 1.29 is 71.0 Å². The van der Waals surface area contributed by atoms with Gasteiger partial charge in [-0.25, -0.2) is 18.5 Å². The molecule has 0 radical (unpaired) electrons. The van der Waals surface area contributed by atoms with E-state index in [4.69, 9.17) is 19.4 Å². The fourth-order valence-corrected chi connectivity index (χ4v) is 5.45. The van der Waals surface area contributed by atoms with Crippen LogP contribution in [0.1, 0.15) is 6.42 Å². The minimum absolute atomic E-state index is 0.110. The lowest BCUT2D eigenvalue weighted by Gasteiger charge is -2.32. The van der Waals surface area contributed by atoms with Crippen LogP contribution < -0.4 is 5.32 Å². The molecule has 0 aliphatic carbocycles. The van der Waals surface area contributed by atoms with Crippen molar-refractivity contribution in [3.8, 4) is 0 Å². The summed E-state index contributed by atoms with van der Waals surface area (Å²) in [6, 6.07) is -0.911. The number of nitrogens with one attached hydrogen (secondary N) is 1. The van der Waals surface area contributed by atoms with Crippen LogP contribution in [0.15, 0.2) is 0 Å². The zero-order chi connectivity index (χ0) is 22.2. The number of nitrogens with zero attached hydrogens (tertiary/aromatic N) is 1. The van der Waals surface area contributed by atoms with Gasteiger partial charge in [0.1, 0.15) is 18.3 Å². The average molecular weight is 486 g/mol. The monoisotopic (exact) mass is 486 g/mol. The number of hydrogen-bond donors (Lipinski definition) is 7. The van der Waals surface area contributed by atoms with E-state index in [2.05, 4.69) is 13.1 Å². The number of amides is 3. The number of phosphoric ester groups is 1. The van der Waals surface area contributed by atoms with Crippen molar-refractivity contribution >= 4 is 35.4 Å². The fourth-order valence-electron chi connectivity index (χ4n) is 2.42. The summed E-state index contributed by atoms with van der Waals surface area (Å²) in [5.41, 5.74) is 0. The van der Waals surface area contributed by atoms with Crippen LogP contribution in [0, 0.1) is 0 Å². The summed E-state index contributed by atoms with van der Waals surface area (Å²) in [5.74, 6) is -0.566. The number of aliphatic hydroxyl groups is 2. The highest BCUT2D eigenvalue weighted by atomic mass is 31.3. The number of imide groups is 1. The zero-order valence-electron chi connectivity index (χ0n) is 14.1. The maximum absolute atomic E-state index is 11.8. The van der Waals surface area contributed by atoms with E-state index in [9.17, 15) is 38.4 Å². The summed E-state index contributed by atoms with van der Waals surface area (Å²) in [5, 5.41) is 21.9. The second-order valence-corrected chi connectivity index (χ2v) is 10.1. The predicted octanol–water partition coefficient (Wildman–Crippen LogP) is -2.28. The number of phosphoric acid groups is 3. The Balaban J connectivity index is 1.97. The third kappa shape index (κ3) is 6.87. The van der Waals surface area contributed by atoms with Gasteiger partial charge in [-0.2, -0.15) is 8.62 Å². The second kappa shape index (κ2) is 8.77. The van der Waals surface area contributed by atoms with Crippen molar-refractivity contribution in [2.24, 2.45) is 0 Å². The lowest BCUT2D eigenvalue weighted by Crippen LogP contribution is -2.56. The van der Waals surface area contributed by atoms with E-state index in [1.54, 1.807) is 0 Å². The van der Waals surface area contributed by atoms with Crippen molar-refractivity contribution in [2.45, 2.75) is 31.0 Å². The van der Waals surface area contributed by atoms with E-state index >= 15 is 0 Å². The van der Waals surface area contributed by atoms with E-state index in [0.717, 1.165) is 4.90 Å². The van der Waals surface area contributed by atoms with Gasteiger partial charge in [-0.1, -0.05) is 0 Å². The molecule has 29 heavy (non-hydrogen) atoms. The number of carbonyl (C=O) groups excluding carboxylic acids is 2. The standard InChI is InChI=1S/C9H17N2O15P3/c12-5-1-2-11(9(15)10-5)8-7(14)6(13)4(24-8)3-23-28(19,20)26-29(21,22)25-27(16,17)18/h4,6-8,13-14H,1-3H2,(H,19,20)(H,21,22)(H,10,12,15)(H2,16,17,18). The minimum atomic E-state index is -5.72. The normalized spacial score (nSPS) is 32.6. The predicted molar refractivity (Wildman–Crippen MR) is 85.4 cm³/mol. The molecule has 0 aromatic rings. The SMILES string of the molecule is O=C1CCN(C2OC(COP(=O)(O)OP(=O)(O)OP(=O)(O)O)C(O)C2O)C(=O)N1. The molecule has 168 valence electrons. The van der Waals surface area contributed by atoms with E-state index in [1.165, 1.54) is 0 Å². The molecule has 6 atom stereocenters. The first-order valence-corrected chi connectivity index (χ1v) is 12.0. The van der Waals surface area contributed by atoms with Gasteiger partial charge in [0.25, 0.3) is 0 Å². The smallest absolute Gasteiger partial charge is 0.387 e. The van der Waals surface area contributed by atoms with Gasteiger partial charge in [-0.05, 0) is 0 Å². The molecular weight excluding hydrogens is 469 g/mol. The first-order valence-electron chi connectivity index (χ1n) is 7.51. The van der Waals surface area contributed by atoms with E-state index in [-0.39, 0.29) is 13.0 Å². The summed E-state index contributed by atoms with van der Waals surface area (Å²) < 4.78 is 50.0. The molecule has 2 saturated heterocycles. The maximum atomic E-state index is 11.8. The summed E-state index contributed by atoms with van der Waals surface area (Å²) in [6.45, 7) is -1.17. The molecular formula is C9H17N2O15P3. The second-order valence-electron chi connectivity index (χ2n) is 5.73. The van der Waals surface area contributed by atoms with Crippen molar-refractivity contribution in [1.82, 2.24) is 10.2 Å². The molecule has 2 fully saturated rings. The largest absolute Gasteiger partial charge is 0.490 e. The summed E-state index contributed by atoms with van der Waals surface area (Å²) in [6.07, 6.45) is -6.56. The molecule has 2 aliphatic rings. The highest BCUT2D eigenvalue weighted by Gasteiger charge is 2.49. The van der Waals surface area contributed by atoms with Crippen molar-refractivity contribution in [3.63, 3.8) is 0 Å². The Morgan fingerprint density at radius 1 is 1.03 bits per heavy atom. The van der Waals surface area contributed by atoms with Crippen LogP contribution >= 0.6 is 23.5 Å². The quantitative estimate of drug-likeness (QED) is 0.178. The number of ether oxygens (including phenoxy) is 1. The highest BCUT2D eigenvalue weighted by molar-refractivity contribution is 7.66. The van der Waals surface area contributed by atoms with Gasteiger partial charge in [-0.3, -0.25) is 19.5 Å². The van der Waals surface area contributed by atoms with Crippen LogP contribution in [0.5, 0.6) is 0 Å². The molecule has 0 bridgehead atoms. The molecule has 0 saturated carbocycles. The number of carbonyl (C=O) groups is 2. The third-order valence-electron chi connectivity index (χ3n) is 3.55. The van der Waals surface area contributed by atoms with Gasteiger partial charge in [-0.15, -0.1) is 0 Å². The molecule has 3 amide bonds. The van der Waals surface area contributed by atoms with Gasteiger partial charge in [0.15, 0.2) is 6.23 Å². The Labute approximate surface area is 161 Å². The first kappa shape index (κ1) is 24.5. The van der Waals surface area contributed by atoms with Crippen LogP contribution in [0.2, 0.25) is 0 Å². The minimum Gasteiger partial charge on any atom is -0.387 e. The maximum Gasteiger partial charge on any atom is 0.490 e. The highest BCUT2D eigenvalue weighted by Crippen LogP contribution is 2.66. The van der Waals surface area contributed by atoms with Crippen molar-refractivity contribution in [3.05, 3.63) is 0 Å². The van der Waals surface area contributed by atoms with Crippen LogP contribution in [0.3, 0.4) is 0 Å². The fraction of sp³-hybridized carbons (Fsp3) is 0.778. The van der Waals surface area contributed by atoms with Gasteiger partial charge < -0.3 is 34.5 Å². The Kier molecular flexibility index (Phi) is 7.41. The van der Waals surface area contributed by atoms with Crippen molar-refractivity contribution in [2.75, 3.05) is 13.2 Å². The summed E-state index contributed by atoms with van der Waals surface area (Å²) in [7, 11) is -16.7. The molecule has 0 aromatic carbocycles. The molecule has 7 N–H and O–H groups in total. The van der Waals surface area contributed by atoms with Gasteiger partial charge >= 0.3 is 29.5 Å². The number of urea groups is 1. The van der Waals surface area contributed by atoms with Gasteiger partial charge in [0, 0.05) is 13.0 Å². The molecule has 0 aromatic heterocycles. The topological polar surface area (TPSA) is 259 Å². The number of hydrogen-bond acceptors (Lipinski definition) is 11. The molecule has 20 heteroatoms.